The summed E-state index contributed by atoms with van der Waals surface area (Å²) in [6.45, 7) is 0.718. The van der Waals surface area contributed by atoms with E-state index < -0.39 is 5.97 Å². The number of nitrogens with two attached hydrogens (primary N) is 1. The summed E-state index contributed by atoms with van der Waals surface area (Å²) >= 11 is 3.23. The zero-order valence-corrected chi connectivity index (χ0v) is 12.7. The minimum atomic E-state index is -0.601. The second-order valence-electron chi connectivity index (χ2n) is 4.01. The van der Waals surface area contributed by atoms with Crippen LogP contribution in [-0.4, -0.2) is 38.7 Å². The van der Waals surface area contributed by atoms with Gasteiger partial charge < -0.3 is 20.5 Å². The number of nitrogens with one attached hydrogen (secondary N) is 1. The van der Waals surface area contributed by atoms with E-state index >= 15 is 0 Å². The first kappa shape index (κ1) is 16.5. The van der Waals surface area contributed by atoms with Gasteiger partial charge in [0.25, 0.3) is 5.91 Å². The van der Waals surface area contributed by atoms with Gasteiger partial charge in [0, 0.05) is 30.4 Å². The number of anilines is 1. The lowest BCUT2D eigenvalue weighted by molar-refractivity contribution is -0.124. The summed E-state index contributed by atoms with van der Waals surface area (Å²) in [6, 6.07) is 4.79. The van der Waals surface area contributed by atoms with Gasteiger partial charge in [-0.3, -0.25) is 4.79 Å². The van der Waals surface area contributed by atoms with Gasteiger partial charge in [0.15, 0.2) is 6.61 Å². The van der Waals surface area contributed by atoms with Crippen molar-refractivity contribution in [1.29, 1.82) is 0 Å². The van der Waals surface area contributed by atoms with E-state index in [1.54, 1.807) is 19.2 Å². The zero-order chi connectivity index (χ0) is 15.0. The number of rotatable bonds is 7. The van der Waals surface area contributed by atoms with E-state index in [4.69, 9.17) is 15.2 Å². The number of carbonyl (C=O) groups excluding carboxylic acids is 2. The highest BCUT2D eigenvalue weighted by atomic mass is 79.9. The van der Waals surface area contributed by atoms with Gasteiger partial charge in [0.05, 0.1) is 5.56 Å². The Kier molecular flexibility index (Phi) is 7.03. The van der Waals surface area contributed by atoms with Crippen LogP contribution in [0.5, 0.6) is 0 Å². The van der Waals surface area contributed by atoms with Gasteiger partial charge in [-0.15, -0.1) is 0 Å². The Morgan fingerprint density at radius 3 is 2.85 bits per heavy atom. The van der Waals surface area contributed by atoms with E-state index in [1.165, 1.54) is 6.07 Å². The zero-order valence-electron chi connectivity index (χ0n) is 11.1. The number of esters is 1. The minimum absolute atomic E-state index is 0.289. The molecule has 0 aliphatic rings. The van der Waals surface area contributed by atoms with Crippen molar-refractivity contribution in [1.82, 2.24) is 5.32 Å². The van der Waals surface area contributed by atoms with Crippen LogP contribution in [0.25, 0.3) is 0 Å². The van der Waals surface area contributed by atoms with E-state index in [0.717, 1.165) is 0 Å². The lowest BCUT2D eigenvalue weighted by atomic mass is 10.2. The van der Waals surface area contributed by atoms with Gasteiger partial charge in [0.2, 0.25) is 0 Å². The third-order valence-corrected chi connectivity index (χ3v) is 3.08. The van der Waals surface area contributed by atoms with Gasteiger partial charge in [-0.2, -0.15) is 0 Å². The lowest BCUT2D eigenvalue weighted by Crippen LogP contribution is -2.30. The van der Waals surface area contributed by atoms with Crippen LogP contribution >= 0.6 is 15.9 Å². The van der Waals surface area contributed by atoms with Crippen molar-refractivity contribution in [3.63, 3.8) is 0 Å². The maximum atomic E-state index is 11.8. The molecule has 0 bridgehead atoms. The van der Waals surface area contributed by atoms with Crippen LogP contribution < -0.4 is 11.1 Å². The Morgan fingerprint density at radius 2 is 2.15 bits per heavy atom. The smallest absolute Gasteiger partial charge is 0.339 e. The highest BCUT2D eigenvalue weighted by Crippen LogP contribution is 2.20. The maximum absolute atomic E-state index is 11.8. The van der Waals surface area contributed by atoms with E-state index in [0.29, 0.717) is 29.7 Å². The number of hydrogen-bond acceptors (Lipinski definition) is 5. The molecular formula is C13H17BrN2O4. The Bertz CT molecular complexity index is 479. The molecular weight excluding hydrogens is 328 g/mol. The average molecular weight is 345 g/mol. The standard InChI is InChI=1S/C13H17BrN2O4/c1-19-6-2-5-16-12(17)8-20-13(18)10-7-9(15)3-4-11(10)14/h3-4,7H,2,5-6,8,15H2,1H3,(H,16,17). The molecule has 0 heterocycles. The van der Waals surface area contributed by atoms with Gasteiger partial charge >= 0.3 is 5.97 Å². The summed E-state index contributed by atoms with van der Waals surface area (Å²) in [6.07, 6.45) is 0.705. The number of hydrogen-bond donors (Lipinski definition) is 2. The number of carbonyl (C=O) groups is 2. The molecule has 1 amide bonds. The molecule has 6 nitrogen and oxygen atoms in total. The SMILES string of the molecule is COCCCNC(=O)COC(=O)c1cc(N)ccc1Br. The van der Waals surface area contributed by atoms with E-state index in [1.807, 2.05) is 0 Å². The number of methoxy groups -OCH3 is 1. The molecule has 1 rings (SSSR count). The van der Waals surface area contributed by atoms with Crippen molar-refractivity contribution >= 4 is 33.5 Å². The van der Waals surface area contributed by atoms with Crippen LogP contribution in [0, 0.1) is 0 Å². The maximum Gasteiger partial charge on any atom is 0.339 e. The monoisotopic (exact) mass is 344 g/mol. The quantitative estimate of drug-likeness (QED) is 0.442. The first-order valence-corrected chi connectivity index (χ1v) is 6.81. The van der Waals surface area contributed by atoms with Gasteiger partial charge in [-0.1, -0.05) is 0 Å². The average Bonchev–Trinajstić information content (AvgIpc) is 2.43. The predicted molar refractivity (Wildman–Crippen MR) is 78.3 cm³/mol. The summed E-state index contributed by atoms with van der Waals surface area (Å²) in [5.74, 6) is -0.953. The molecule has 0 aliphatic heterocycles. The molecule has 0 aliphatic carbocycles. The fourth-order valence-corrected chi connectivity index (χ4v) is 1.81. The molecule has 0 aromatic heterocycles. The first-order valence-electron chi connectivity index (χ1n) is 6.02. The summed E-state index contributed by atoms with van der Waals surface area (Å²) < 4.78 is 10.3. The van der Waals surface area contributed by atoms with Crippen LogP contribution in [0.2, 0.25) is 0 Å². The molecule has 110 valence electrons. The number of nitrogen functional groups attached to an aromatic ring is 1. The second kappa shape index (κ2) is 8.55. The highest BCUT2D eigenvalue weighted by Gasteiger charge is 2.13. The van der Waals surface area contributed by atoms with Crippen molar-refractivity contribution in [2.75, 3.05) is 32.6 Å². The molecule has 1 aromatic carbocycles. The first-order chi connectivity index (χ1) is 9.54. The highest BCUT2D eigenvalue weighted by molar-refractivity contribution is 9.10. The van der Waals surface area contributed by atoms with E-state index in [9.17, 15) is 9.59 Å². The minimum Gasteiger partial charge on any atom is -0.452 e. The summed E-state index contributed by atoms with van der Waals surface area (Å²) in [5.41, 5.74) is 6.33. The fraction of sp³-hybridized carbons (Fsp3) is 0.385. The fourth-order valence-electron chi connectivity index (χ4n) is 1.40. The largest absolute Gasteiger partial charge is 0.452 e. The summed E-state index contributed by atoms with van der Waals surface area (Å²) in [5, 5.41) is 2.62. The Morgan fingerprint density at radius 1 is 1.40 bits per heavy atom. The van der Waals surface area contributed by atoms with Crippen molar-refractivity contribution in [2.45, 2.75) is 6.42 Å². The molecule has 0 atom stereocenters. The summed E-state index contributed by atoms with van der Waals surface area (Å²) in [7, 11) is 1.59. The normalized spacial score (nSPS) is 10.1. The topological polar surface area (TPSA) is 90.6 Å². The van der Waals surface area contributed by atoms with Crippen LogP contribution in [0.4, 0.5) is 5.69 Å². The lowest BCUT2D eigenvalue weighted by Gasteiger charge is -2.08. The van der Waals surface area contributed by atoms with Crippen LogP contribution in [0.3, 0.4) is 0 Å². The van der Waals surface area contributed by atoms with Gasteiger partial charge in [-0.05, 0) is 40.5 Å². The molecule has 0 saturated carbocycles. The molecule has 0 fully saturated rings. The van der Waals surface area contributed by atoms with Crippen molar-refractivity contribution in [2.24, 2.45) is 0 Å². The van der Waals surface area contributed by atoms with Crippen LogP contribution in [0.1, 0.15) is 16.8 Å². The van der Waals surface area contributed by atoms with Gasteiger partial charge in [0.1, 0.15) is 0 Å². The predicted octanol–water partition coefficient (Wildman–Crippen LogP) is 1.34. The number of benzene rings is 1. The van der Waals surface area contributed by atoms with Crippen molar-refractivity contribution in [3.05, 3.63) is 28.2 Å². The molecule has 0 radical (unpaired) electrons. The molecule has 3 N–H and O–H groups in total. The number of halogens is 1. The third kappa shape index (κ3) is 5.58. The van der Waals surface area contributed by atoms with Crippen LogP contribution in [0.15, 0.2) is 22.7 Å². The van der Waals surface area contributed by atoms with E-state index in [-0.39, 0.29) is 18.1 Å². The Hall–Kier alpha value is -1.60. The number of ether oxygens (including phenoxy) is 2. The Labute approximate surface area is 125 Å². The molecule has 0 unspecified atom stereocenters. The van der Waals surface area contributed by atoms with Gasteiger partial charge in [-0.25, -0.2) is 4.79 Å². The molecule has 1 aromatic rings. The molecule has 0 spiro atoms. The van der Waals surface area contributed by atoms with E-state index in [2.05, 4.69) is 21.2 Å². The van der Waals surface area contributed by atoms with Crippen LogP contribution in [-0.2, 0) is 14.3 Å². The van der Waals surface area contributed by atoms with Crippen molar-refractivity contribution in [3.8, 4) is 0 Å². The molecule has 20 heavy (non-hydrogen) atoms. The molecule has 7 heteroatoms. The third-order valence-electron chi connectivity index (χ3n) is 2.39. The Balaban J connectivity index is 2.39. The number of amides is 1. The second-order valence-corrected chi connectivity index (χ2v) is 4.87. The molecule has 0 saturated heterocycles. The van der Waals surface area contributed by atoms with Crippen molar-refractivity contribution < 1.29 is 19.1 Å². The summed E-state index contributed by atoms with van der Waals surface area (Å²) in [4.78, 5) is 23.2.